The second kappa shape index (κ2) is 6.25. The highest BCUT2D eigenvalue weighted by molar-refractivity contribution is 7.22. The molecule has 0 saturated heterocycles. The average Bonchev–Trinajstić information content (AvgIpc) is 2.90. The first kappa shape index (κ1) is 14.7. The van der Waals surface area contributed by atoms with Gasteiger partial charge in [0.2, 0.25) is 5.91 Å². The van der Waals surface area contributed by atoms with E-state index >= 15 is 0 Å². The van der Waals surface area contributed by atoms with Crippen molar-refractivity contribution in [2.75, 3.05) is 5.32 Å². The van der Waals surface area contributed by atoms with Gasteiger partial charge in [-0.1, -0.05) is 47.2 Å². The second-order valence-corrected chi connectivity index (χ2v) is 5.89. The van der Waals surface area contributed by atoms with Crippen molar-refractivity contribution in [1.82, 2.24) is 4.98 Å². The summed E-state index contributed by atoms with van der Waals surface area (Å²) >= 11 is 7.23. The third-order valence-corrected chi connectivity index (χ3v) is 4.20. The lowest BCUT2D eigenvalue weighted by Gasteiger charge is -1.97. The number of hydrogen-bond donors (Lipinski definition) is 1. The zero-order chi connectivity index (χ0) is 15.5. The summed E-state index contributed by atoms with van der Waals surface area (Å²) in [6, 6.07) is 11.9. The number of anilines is 1. The molecule has 0 bridgehead atoms. The molecule has 3 nitrogen and oxygen atoms in total. The van der Waals surface area contributed by atoms with E-state index in [1.807, 2.05) is 12.1 Å². The first-order valence-corrected chi connectivity index (χ1v) is 7.61. The van der Waals surface area contributed by atoms with E-state index in [0.717, 1.165) is 5.56 Å². The number of nitrogens with one attached hydrogen (secondary N) is 1. The van der Waals surface area contributed by atoms with Crippen molar-refractivity contribution >= 4 is 50.3 Å². The van der Waals surface area contributed by atoms with Crippen LogP contribution in [0.2, 0.25) is 5.02 Å². The zero-order valence-corrected chi connectivity index (χ0v) is 12.8. The number of aromatic nitrogens is 1. The molecule has 1 N–H and O–H groups in total. The third-order valence-electron chi connectivity index (χ3n) is 2.92. The molecule has 0 aliphatic heterocycles. The molecular formula is C16H10ClFN2OS. The van der Waals surface area contributed by atoms with Crippen LogP contribution in [-0.2, 0) is 4.79 Å². The van der Waals surface area contributed by atoms with Crippen LogP contribution in [0.4, 0.5) is 9.52 Å². The number of thiazole rings is 1. The number of fused-ring (bicyclic) bond motifs is 1. The van der Waals surface area contributed by atoms with Gasteiger partial charge < -0.3 is 0 Å². The van der Waals surface area contributed by atoms with E-state index < -0.39 is 5.82 Å². The lowest BCUT2D eigenvalue weighted by atomic mass is 10.2. The highest BCUT2D eigenvalue weighted by atomic mass is 35.5. The maximum atomic E-state index is 13.6. The molecule has 1 aromatic heterocycles. The normalized spacial score (nSPS) is 11.2. The van der Waals surface area contributed by atoms with Gasteiger partial charge >= 0.3 is 0 Å². The van der Waals surface area contributed by atoms with Gasteiger partial charge in [0.25, 0.3) is 0 Å². The van der Waals surface area contributed by atoms with Gasteiger partial charge in [-0.05, 0) is 29.8 Å². The van der Waals surface area contributed by atoms with Crippen molar-refractivity contribution in [3.05, 3.63) is 64.9 Å². The number of benzene rings is 2. The minimum Gasteiger partial charge on any atom is -0.298 e. The largest absolute Gasteiger partial charge is 0.298 e. The Kier molecular flexibility index (Phi) is 4.18. The summed E-state index contributed by atoms with van der Waals surface area (Å²) in [5.41, 5.74) is 1.01. The zero-order valence-electron chi connectivity index (χ0n) is 11.2. The Bertz CT molecular complexity index is 875. The van der Waals surface area contributed by atoms with E-state index in [1.54, 1.807) is 30.3 Å². The Labute approximate surface area is 135 Å². The summed E-state index contributed by atoms with van der Waals surface area (Å²) in [6.45, 7) is 0. The van der Waals surface area contributed by atoms with Gasteiger partial charge in [0.1, 0.15) is 11.3 Å². The van der Waals surface area contributed by atoms with Crippen LogP contribution in [-0.4, -0.2) is 10.9 Å². The van der Waals surface area contributed by atoms with Crippen molar-refractivity contribution in [3.8, 4) is 0 Å². The number of carbonyl (C=O) groups excluding carboxylic acids is 1. The predicted octanol–water partition coefficient (Wildman–Crippen LogP) is 4.74. The molecule has 0 atom stereocenters. The van der Waals surface area contributed by atoms with Crippen LogP contribution in [0.3, 0.4) is 0 Å². The monoisotopic (exact) mass is 332 g/mol. The number of nitrogens with zero attached hydrogens (tertiary/aromatic N) is 1. The van der Waals surface area contributed by atoms with E-state index in [9.17, 15) is 9.18 Å². The Morgan fingerprint density at radius 2 is 2.05 bits per heavy atom. The number of halogens is 2. The molecule has 0 fully saturated rings. The molecular weight excluding hydrogens is 323 g/mol. The summed E-state index contributed by atoms with van der Waals surface area (Å²) in [4.78, 5) is 16.0. The number of rotatable bonds is 3. The fraction of sp³-hybridized carbons (Fsp3) is 0. The number of para-hydroxylation sites is 1. The molecule has 0 spiro atoms. The minimum absolute atomic E-state index is 0.262. The highest BCUT2D eigenvalue weighted by Gasteiger charge is 2.09. The van der Waals surface area contributed by atoms with Crippen molar-refractivity contribution < 1.29 is 9.18 Å². The van der Waals surface area contributed by atoms with Crippen molar-refractivity contribution in [2.45, 2.75) is 0 Å². The third kappa shape index (κ3) is 3.16. The molecule has 1 amide bonds. The molecule has 1 heterocycles. The lowest BCUT2D eigenvalue weighted by molar-refractivity contribution is -0.111. The van der Waals surface area contributed by atoms with Crippen LogP contribution >= 0.6 is 22.9 Å². The summed E-state index contributed by atoms with van der Waals surface area (Å²) in [5.74, 6) is -0.750. The smallest absolute Gasteiger partial charge is 0.250 e. The van der Waals surface area contributed by atoms with E-state index in [4.69, 9.17) is 11.6 Å². The van der Waals surface area contributed by atoms with Gasteiger partial charge in [0, 0.05) is 11.1 Å². The Balaban J connectivity index is 1.76. The molecule has 3 rings (SSSR count). The van der Waals surface area contributed by atoms with Gasteiger partial charge in [-0.15, -0.1) is 0 Å². The molecule has 0 radical (unpaired) electrons. The van der Waals surface area contributed by atoms with Crippen LogP contribution in [0.15, 0.2) is 48.5 Å². The van der Waals surface area contributed by atoms with Gasteiger partial charge in [-0.2, -0.15) is 0 Å². The maximum absolute atomic E-state index is 13.6. The van der Waals surface area contributed by atoms with E-state index in [0.29, 0.717) is 14.9 Å². The molecule has 2 aromatic carbocycles. The van der Waals surface area contributed by atoms with Crippen LogP contribution in [0.25, 0.3) is 16.3 Å². The van der Waals surface area contributed by atoms with Crippen LogP contribution in [0.1, 0.15) is 5.56 Å². The van der Waals surface area contributed by atoms with Crippen LogP contribution < -0.4 is 5.32 Å². The Morgan fingerprint density at radius 3 is 2.82 bits per heavy atom. The summed E-state index contributed by atoms with van der Waals surface area (Å²) in [5, 5.41) is 3.54. The summed E-state index contributed by atoms with van der Waals surface area (Å²) < 4.78 is 14.2. The Hall–Kier alpha value is -2.24. The molecule has 0 aliphatic rings. The van der Waals surface area contributed by atoms with E-state index in [1.165, 1.54) is 23.5 Å². The number of carbonyl (C=O) groups is 1. The molecule has 110 valence electrons. The van der Waals surface area contributed by atoms with E-state index in [2.05, 4.69) is 10.3 Å². The summed E-state index contributed by atoms with van der Waals surface area (Å²) in [7, 11) is 0. The van der Waals surface area contributed by atoms with Gasteiger partial charge in [-0.25, -0.2) is 9.37 Å². The van der Waals surface area contributed by atoms with Crippen LogP contribution in [0.5, 0.6) is 0 Å². The van der Waals surface area contributed by atoms with Gasteiger partial charge in [-0.3, -0.25) is 10.1 Å². The van der Waals surface area contributed by atoms with Crippen molar-refractivity contribution in [2.24, 2.45) is 0 Å². The predicted molar refractivity (Wildman–Crippen MR) is 88.7 cm³/mol. The van der Waals surface area contributed by atoms with E-state index in [-0.39, 0.29) is 11.4 Å². The number of hydrogen-bond acceptors (Lipinski definition) is 3. The van der Waals surface area contributed by atoms with Crippen molar-refractivity contribution in [3.63, 3.8) is 0 Å². The molecule has 0 unspecified atom stereocenters. The SMILES string of the molecule is O=C(/C=C/c1ccccc1Cl)Nc1nc2c(F)cccc2s1. The molecule has 6 heteroatoms. The second-order valence-electron chi connectivity index (χ2n) is 4.45. The topological polar surface area (TPSA) is 42.0 Å². The lowest BCUT2D eigenvalue weighted by Crippen LogP contribution is -2.07. The number of amides is 1. The molecule has 3 aromatic rings. The molecule has 0 aliphatic carbocycles. The average molecular weight is 333 g/mol. The fourth-order valence-corrected chi connectivity index (χ4v) is 2.97. The summed E-state index contributed by atoms with van der Waals surface area (Å²) in [6.07, 6.45) is 2.98. The first-order valence-electron chi connectivity index (χ1n) is 6.42. The van der Waals surface area contributed by atoms with Crippen LogP contribution in [0, 0.1) is 5.82 Å². The molecule has 22 heavy (non-hydrogen) atoms. The quantitative estimate of drug-likeness (QED) is 0.704. The minimum atomic E-state index is -0.402. The standard InChI is InChI=1S/C16H10ClFN2OS/c17-11-5-2-1-4-10(11)8-9-14(21)19-16-20-15-12(18)6-3-7-13(15)22-16/h1-9H,(H,19,20,21)/b9-8+. The highest BCUT2D eigenvalue weighted by Crippen LogP contribution is 2.27. The van der Waals surface area contributed by atoms with Gasteiger partial charge in [0.15, 0.2) is 5.13 Å². The first-order chi connectivity index (χ1) is 10.6. The Morgan fingerprint density at radius 1 is 1.23 bits per heavy atom. The van der Waals surface area contributed by atoms with Gasteiger partial charge in [0.05, 0.1) is 4.70 Å². The fourth-order valence-electron chi connectivity index (χ4n) is 1.89. The molecule has 0 saturated carbocycles. The van der Waals surface area contributed by atoms with Crippen molar-refractivity contribution in [1.29, 1.82) is 0 Å². The maximum Gasteiger partial charge on any atom is 0.250 e.